The fourth-order valence-corrected chi connectivity index (χ4v) is 3.15. The topological polar surface area (TPSA) is 56.0 Å². The molecule has 5 nitrogen and oxygen atoms in total. The molecule has 5 heteroatoms. The zero-order valence-electron chi connectivity index (χ0n) is 15.4. The normalized spacial score (nSPS) is 11.0. The van der Waals surface area contributed by atoms with Gasteiger partial charge in [-0.2, -0.15) is 0 Å². The zero-order chi connectivity index (χ0) is 18.5. The Hall–Kier alpha value is -2.82. The number of fused-ring (bicyclic) bond motifs is 1. The maximum atomic E-state index is 12.4. The quantitative estimate of drug-likeness (QED) is 0.705. The Bertz CT molecular complexity index is 952. The highest BCUT2D eigenvalue weighted by Gasteiger charge is 2.11. The van der Waals surface area contributed by atoms with Crippen molar-refractivity contribution in [2.75, 3.05) is 5.32 Å². The van der Waals surface area contributed by atoms with E-state index in [0.29, 0.717) is 6.54 Å². The molecule has 0 fully saturated rings. The molecule has 2 aromatic carbocycles. The molecular weight excluding hydrogens is 326 g/mol. The first-order valence-corrected chi connectivity index (χ1v) is 9.13. The Kier molecular flexibility index (Phi) is 5.56. The molecule has 0 atom stereocenters. The van der Waals surface area contributed by atoms with Crippen LogP contribution < -0.4 is 11.0 Å². The van der Waals surface area contributed by atoms with E-state index in [1.807, 2.05) is 36.4 Å². The number of unbranched alkanes of at least 4 members (excludes halogenated alkanes) is 1. The minimum Gasteiger partial charge on any atom is -0.326 e. The summed E-state index contributed by atoms with van der Waals surface area (Å²) in [6.07, 6.45) is 3.66. The van der Waals surface area contributed by atoms with Crippen LogP contribution in [0.15, 0.2) is 53.3 Å². The number of anilines is 1. The van der Waals surface area contributed by atoms with Gasteiger partial charge in [-0.3, -0.25) is 13.9 Å². The molecular formula is C21H25N3O2. The first-order valence-electron chi connectivity index (χ1n) is 9.13. The van der Waals surface area contributed by atoms with E-state index in [1.165, 1.54) is 18.4 Å². The largest absolute Gasteiger partial charge is 0.328 e. The second-order valence-electron chi connectivity index (χ2n) is 6.58. The molecule has 0 bridgehead atoms. The third-order valence-corrected chi connectivity index (χ3v) is 4.67. The highest BCUT2D eigenvalue weighted by Crippen LogP contribution is 2.14. The van der Waals surface area contributed by atoms with E-state index in [0.717, 1.165) is 23.1 Å². The monoisotopic (exact) mass is 351 g/mol. The molecule has 0 spiro atoms. The van der Waals surface area contributed by atoms with Gasteiger partial charge in [-0.05, 0) is 42.7 Å². The van der Waals surface area contributed by atoms with E-state index in [4.69, 9.17) is 0 Å². The van der Waals surface area contributed by atoms with Crippen LogP contribution in [0.1, 0.15) is 31.7 Å². The van der Waals surface area contributed by atoms with Gasteiger partial charge in [-0.1, -0.05) is 37.6 Å². The molecule has 3 aromatic rings. The van der Waals surface area contributed by atoms with Crippen LogP contribution in [0, 0.1) is 0 Å². The van der Waals surface area contributed by atoms with Gasteiger partial charge in [0.25, 0.3) is 0 Å². The molecule has 0 aliphatic rings. The van der Waals surface area contributed by atoms with Crippen LogP contribution in [0.3, 0.4) is 0 Å². The number of rotatable bonds is 7. The fourth-order valence-electron chi connectivity index (χ4n) is 3.15. The maximum Gasteiger partial charge on any atom is 0.328 e. The maximum absolute atomic E-state index is 12.4. The number of para-hydroxylation sites is 2. The average Bonchev–Trinajstić information content (AvgIpc) is 2.90. The van der Waals surface area contributed by atoms with Crippen molar-refractivity contribution >= 4 is 22.6 Å². The number of aromatic nitrogens is 2. The molecule has 26 heavy (non-hydrogen) atoms. The molecule has 0 saturated heterocycles. The van der Waals surface area contributed by atoms with E-state index in [1.54, 1.807) is 16.2 Å². The van der Waals surface area contributed by atoms with Crippen molar-refractivity contribution in [3.63, 3.8) is 0 Å². The predicted molar refractivity (Wildman–Crippen MR) is 105 cm³/mol. The summed E-state index contributed by atoms with van der Waals surface area (Å²) in [6.45, 7) is 2.54. The Balaban J connectivity index is 1.63. The predicted octanol–water partition coefficient (Wildman–Crippen LogP) is 3.71. The molecule has 0 unspecified atom stereocenters. The number of nitrogens with zero attached hydrogens (tertiary/aromatic N) is 2. The van der Waals surface area contributed by atoms with Gasteiger partial charge in [0.05, 0.1) is 11.0 Å². The minimum absolute atomic E-state index is 0.0915. The standard InChI is InChI=1S/C21H25N3O2/c1-3-4-7-16-10-12-17(13-11-16)22-20(25)14-15-24-19-9-6-5-8-18(19)23(2)21(24)26/h5-6,8-13H,3-4,7,14-15H2,1-2H3,(H,22,25). The second kappa shape index (κ2) is 8.04. The number of imidazole rings is 1. The van der Waals surface area contributed by atoms with Gasteiger partial charge in [0, 0.05) is 25.7 Å². The van der Waals surface area contributed by atoms with E-state index in [2.05, 4.69) is 24.4 Å². The number of nitrogens with one attached hydrogen (secondary N) is 1. The SMILES string of the molecule is CCCCc1ccc(NC(=O)CCn2c(=O)n(C)c3ccccc32)cc1. The zero-order valence-corrected chi connectivity index (χ0v) is 15.4. The van der Waals surface area contributed by atoms with Crippen LogP contribution >= 0.6 is 0 Å². The summed E-state index contributed by atoms with van der Waals surface area (Å²) in [6, 6.07) is 15.6. The van der Waals surface area contributed by atoms with Crippen molar-refractivity contribution in [1.29, 1.82) is 0 Å². The molecule has 0 radical (unpaired) electrons. The second-order valence-corrected chi connectivity index (χ2v) is 6.58. The van der Waals surface area contributed by atoms with Crippen molar-refractivity contribution in [3.05, 3.63) is 64.6 Å². The smallest absolute Gasteiger partial charge is 0.326 e. The van der Waals surface area contributed by atoms with Crippen LogP contribution in [-0.4, -0.2) is 15.0 Å². The van der Waals surface area contributed by atoms with Gasteiger partial charge in [0.2, 0.25) is 5.91 Å². The number of carbonyl (C=O) groups is 1. The van der Waals surface area contributed by atoms with Crippen LogP contribution in [0.4, 0.5) is 5.69 Å². The summed E-state index contributed by atoms with van der Waals surface area (Å²) < 4.78 is 3.27. The Morgan fingerprint density at radius 2 is 1.73 bits per heavy atom. The van der Waals surface area contributed by atoms with E-state index < -0.39 is 0 Å². The molecule has 1 N–H and O–H groups in total. The summed E-state index contributed by atoms with van der Waals surface area (Å²) in [5.41, 5.74) is 3.71. The Morgan fingerprint density at radius 3 is 2.42 bits per heavy atom. The van der Waals surface area contributed by atoms with Crippen molar-refractivity contribution in [1.82, 2.24) is 9.13 Å². The van der Waals surface area contributed by atoms with Crippen LogP contribution in [0.5, 0.6) is 0 Å². The summed E-state index contributed by atoms with van der Waals surface area (Å²) in [7, 11) is 1.75. The first kappa shape index (κ1) is 18.0. The molecule has 0 saturated carbocycles. The lowest BCUT2D eigenvalue weighted by Gasteiger charge is -2.07. The Morgan fingerprint density at radius 1 is 1.04 bits per heavy atom. The van der Waals surface area contributed by atoms with Crippen molar-refractivity contribution < 1.29 is 4.79 Å². The summed E-state index contributed by atoms with van der Waals surface area (Å²) in [5, 5.41) is 2.91. The summed E-state index contributed by atoms with van der Waals surface area (Å²) in [4.78, 5) is 24.6. The van der Waals surface area contributed by atoms with Crippen molar-refractivity contribution in [3.8, 4) is 0 Å². The third kappa shape index (κ3) is 3.87. The lowest BCUT2D eigenvalue weighted by atomic mass is 10.1. The molecule has 1 aromatic heterocycles. The first-order chi connectivity index (χ1) is 12.6. The van der Waals surface area contributed by atoms with Gasteiger partial charge in [0.1, 0.15) is 0 Å². The lowest BCUT2D eigenvalue weighted by Crippen LogP contribution is -2.24. The number of benzene rings is 2. The van der Waals surface area contributed by atoms with Crippen LogP contribution in [0.2, 0.25) is 0 Å². The number of hydrogen-bond acceptors (Lipinski definition) is 2. The van der Waals surface area contributed by atoms with Crippen molar-refractivity contribution in [2.45, 2.75) is 39.2 Å². The van der Waals surface area contributed by atoms with Gasteiger partial charge >= 0.3 is 5.69 Å². The molecule has 136 valence electrons. The number of aryl methyl sites for hydroxylation is 3. The van der Waals surface area contributed by atoms with Gasteiger partial charge < -0.3 is 5.32 Å². The van der Waals surface area contributed by atoms with Crippen molar-refractivity contribution in [2.24, 2.45) is 7.05 Å². The lowest BCUT2D eigenvalue weighted by molar-refractivity contribution is -0.116. The highest BCUT2D eigenvalue weighted by molar-refractivity contribution is 5.90. The van der Waals surface area contributed by atoms with Gasteiger partial charge in [0.15, 0.2) is 0 Å². The number of hydrogen-bond donors (Lipinski definition) is 1. The van der Waals surface area contributed by atoms with E-state index in [-0.39, 0.29) is 18.0 Å². The summed E-state index contributed by atoms with van der Waals surface area (Å²) >= 11 is 0. The summed E-state index contributed by atoms with van der Waals surface area (Å²) in [5.74, 6) is -0.0915. The molecule has 1 heterocycles. The molecule has 1 amide bonds. The fraction of sp³-hybridized carbons (Fsp3) is 0.333. The minimum atomic E-state index is -0.0979. The Labute approximate surface area is 153 Å². The van der Waals surface area contributed by atoms with Crippen LogP contribution in [0.25, 0.3) is 11.0 Å². The third-order valence-electron chi connectivity index (χ3n) is 4.67. The van der Waals surface area contributed by atoms with E-state index >= 15 is 0 Å². The van der Waals surface area contributed by atoms with Crippen LogP contribution in [-0.2, 0) is 24.8 Å². The van der Waals surface area contributed by atoms with Gasteiger partial charge in [-0.25, -0.2) is 4.79 Å². The number of carbonyl (C=O) groups excluding carboxylic acids is 1. The molecule has 0 aliphatic heterocycles. The molecule has 3 rings (SSSR count). The molecule has 0 aliphatic carbocycles. The average molecular weight is 351 g/mol. The van der Waals surface area contributed by atoms with E-state index in [9.17, 15) is 9.59 Å². The highest BCUT2D eigenvalue weighted by atomic mass is 16.2. The number of amides is 1. The van der Waals surface area contributed by atoms with Gasteiger partial charge in [-0.15, -0.1) is 0 Å².